The second-order valence-corrected chi connectivity index (χ2v) is 9.18. The lowest BCUT2D eigenvalue weighted by molar-refractivity contribution is -0.117. The van der Waals surface area contributed by atoms with Crippen LogP contribution in [0.25, 0.3) is 22.3 Å². The Kier molecular flexibility index (Phi) is 6.40. The number of hydrogen-bond donors (Lipinski definition) is 3. The van der Waals surface area contributed by atoms with Crippen LogP contribution in [0.2, 0.25) is 0 Å². The molecule has 0 saturated carbocycles. The number of H-pyrrole nitrogens is 1. The number of amides is 1. The fourth-order valence-corrected chi connectivity index (χ4v) is 4.79. The highest BCUT2D eigenvalue weighted by molar-refractivity contribution is 5.98. The van der Waals surface area contributed by atoms with E-state index >= 15 is 0 Å². The summed E-state index contributed by atoms with van der Waals surface area (Å²) in [5.74, 6) is 2.27. The third-order valence-electron chi connectivity index (χ3n) is 6.65. The van der Waals surface area contributed by atoms with E-state index in [1.54, 1.807) is 12.4 Å². The fraction of sp³-hybridized carbons (Fsp3) is 0.222. The normalized spacial score (nSPS) is 14.5. The maximum absolute atomic E-state index is 12.4. The van der Waals surface area contributed by atoms with Gasteiger partial charge in [-0.2, -0.15) is 5.10 Å². The Hall–Kier alpha value is -4.77. The third-order valence-corrected chi connectivity index (χ3v) is 6.65. The Morgan fingerprint density at radius 1 is 1.03 bits per heavy atom. The number of ether oxygens (including phenoxy) is 1. The van der Waals surface area contributed by atoms with Gasteiger partial charge in [-0.25, -0.2) is 19.6 Å². The number of aromatic amines is 1. The average molecular weight is 510 g/mol. The molecule has 6 rings (SSSR count). The highest BCUT2D eigenvalue weighted by Gasteiger charge is 2.27. The summed E-state index contributed by atoms with van der Waals surface area (Å²) in [6.45, 7) is 1.84. The van der Waals surface area contributed by atoms with Crippen molar-refractivity contribution in [2.24, 2.45) is 0 Å². The first-order chi connectivity index (χ1) is 18.6. The minimum Gasteiger partial charge on any atom is -0.457 e. The van der Waals surface area contributed by atoms with Crippen molar-refractivity contribution in [1.29, 1.82) is 0 Å². The van der Waals surface area contributed by atoms with Crippen molar-refractivity contribution in [1.82, 2.24) is 34.6 Å². The van der Waals surface area contributed by atoms with E-state index in [1.807, 2.05) is 59.3 Å². The average Bonchev–Trinajstić information content (AvgIpc) is 3.59. The van der Waals surface area contributed by atoms with Gasteiger partial charge >= 0.3 is 0 Å². The van der Waals surface area contributed by atoms with Crippen LogP contribution in [0.15, 0.2) is 73.3 Å². The molecule has 0 bridgehead atoms. The van der Waals surface area contributed by atoms with Crippen LogP contribution in [0.1, 0.15) is 18.9 Å². The fourth-order valence-electron chi connectivity index (χ4n) is 4.79. The van der Waals surface area contributed by atoms with Crippen molar-refractivity contribution in [3.05, 3.63) is 73.3 Å². The summed E-state index contributed by atoms with van der Waals surface area (Å²) < 4.78 is 7.90. The molecule has 0 spiro atoms. The van der Waals surface area contributed by atoms with Crippen molar-refractivity contribution < 1.29 is 9.53 Å². The van der Waals surface area contributed by atoms with Gasteiger partial charge in [0.25, 0.3) is 0 Å². The number of likely N-dealkylation sites (tertiary alicyclic amines) is 1. The van der Waals surface area contributed by atoms with E-state index in [9.17, 15) is 4.79 Å². The number of benzene rings is 2. The number of nitrogen functional groups attached to an aromatic ring is 1. The molecular formula is C27H27N9O2. The molecule has 5 aromatic rings. The van der Waals surface area contributed by atoms with Crippen LogP contribution in [0.5, 0.6) is 11.5 Å². The molecule has 1 aliphatic rings. The van der Waals surface area contributed by atoms with Crippen LogP contribution in [0, 0.1) is 0 Å². The van der Waals surface area contributed by atoms with Crippen LogP contribution < -0.4 is 15.8 Å². The Bertz CT molecular complexity index is 1520. The summed E-state index contributed by atoms with van der Waals surface area (Å²) in [6, 6.07) is 17.6. The Balaban J connectivity index is 1.19. The molecule has 1 amide bonds. The predicted molar refractivity (Wildman–Crippen MR) is 144 cm³/mol. The van der Waals surface area contributed by atoms with Gasteiger partial charge in [-0.1, -0.05) is 18.2 Å². The molecule has 11 nitrogen and oxygen atoms in total. The van der Waals surface area contributed by atoms with E-state index in [2.05, 4.69) is 30.2 Å². The lowest BCUT2D eigenvalue weighted by Gasteiger charge is -2.31. The molecular weight excluding hydrogens is 482 g/mol. The molecule has 1 aliphatic heterocycles. The van der Waals surface area contributed by atoms with E-state index in [4.69, 9.17) is 15.6 Å². The van der Waals surface area contributed by atoms with Gasteiger partial charge in [0.05, 0.1) is 18.0 Å². The lowest BCUT2D eigenvalue weighted by atomic mass is 10.1. The second-order valence-electron chi connectivity index (χ2n) is 9.18. The molecule has 0 unspecified atom stereocenters. The molecule has 0 atom stereocenters. The summed E-state index contributed by atoms with van der Waals surface area (Å²) in [6.07, 6.45) is 6.42. The molecule has 38 heavy (non-hydrogen) atoms. The maximum atomic E-state index is 12.4. The first kappa shape index (κ1) is 23.6. The highest BCUT2D eigenvalue weighted by atomic mass is 16.5. The predicted octanol–water partition coefficient (Wildman–Crippen LogP) is 3.87. The molecule has 2 aromatic carbocycles. The van der Waals surface area contributed by atoms with E-state index < -0.39 is 0 Å². The number of para-hydroxylation sites is 1. The van der Waals surface area contributed by atoms with Crippen LogP contribution in [0.3, 0.4) is 0 Å². The number of rotatable bonds is 7. The van der Waals surface area contributed by atoms with Crippen molar-refractivity contribution in [2.75, 3.05) is 30.7 Å². The van der Waals surface area contributed by atoms with Gasteiger partial charge in [0.2, 0.25) is 11.9 Å². The topological polar surface area (TPSA) is 140 Å². The number of imidazole rings is 1. The van der Waals surface area contributed by atoms with Crippen molar-refractivity contribution in [3.8, 4) is 22.8 Å². The minimum absolute atomic E-state index is 0.0922. The first-order valence-electron chi connectivity index (χ1n) is 12.5. The molecule has 192 valence electrons. The van der Waals surface area contributed by atoms with Crippen molar-refractivity contribution in [2.45, 2.75) is 18.9 Å². The molecule has 0 radical (unpaired) electrons. The Morgan fingerprint density at radius 3 is 2.53 bits per heavy atom. The van der Waals surface area contributed by atoms with Gasteiger partial charge in [-0.05, 0) is 49.2 Å². The Labute approximate surface area is 218 Å². The van der Waals surface area contributed by atoms with Gasteiger partial charge in [0.1, 0.15) is 29.3 Å². The van der Waals surface area contributed by atoms with E-state index in [0.29, 0.717) is 24.0 Å². The number of carbonyl (C=O) groups excluding carboxylic acids is 1. The summed E-state index contributed by atoms with van der Waals surface area (Å²) in [5, 5.41) is 8.49. The number of nitrogens with one attached hydrogen (secondary N) is 2. The largest absolute Gasteiger partial charge is 0.457 e. The van der Waals surface area contributed by atoms with Gasteiger partial charge in [-0.3, -0.25) is 15.0 Å². The second kappa shape index (κ2) is 10.3. The number of aromatic nitrogens is 6. The van der Waals surface area contributed by atoms with Gasteiger partial charge < -0.3 is 15.5 Å². The molecule has 4 heterocycles. The highest BCUT2D eigenvalue weighted by Crippen LogP contribution is 2.35. The van der Waals surface area contributed by atoms with E-state index in [0.717, 1.165) is 54.1 Å². The van der Waals surface area contributed by atoms with Gasteiger partial charge in [0.15, 0.2) is 5.65 Å². The number of carbonyl (C=O) groups is 1. The van der Waals surface area contributed by atoms with E-state index in [-0.39, 0.29) is 11.9 Å². The van der Waals surface area contributed by atoms with Crippen LogP contribution in [0.4, 0.5) is 11.8 Å². The molecule has 1 fully saturated rings. The SMILES string of the molecule is Nc1ncnc2c1c(-c1ccc(Oc3ccccc3)cc1)nn2C1CCN(CC(=O)Nc2ncc[nH]2)CC1. The summed E-state index contributed by atoms with van der Waals surface area (Å²) >= 11 is 0. The zero-order chi connectivity index (χ0) is 25.9. The smallest absolute Gasteiger partial charge is 0.240 e. The number of nitrogens with two attached hydrogens (primary N) is 1. The standard InChI is InChI=1S/C27H27N9O2/c28-25-23-24(18-6-8-21(9-7-18)38-20-4-2-1-3-5-20)34-36(26(23)32-17-31-25)19-10-14-35(15-11-19)16-22(37)33-27-29-12-13-30-27/h1-9,12-13,17,19H,10-11,14-16H2,(H2,28,31,32)(H2,29,30,33,37). The van der Waals surface area contributed by atoms with Crippen molar-refractivity contribution >= 4 is 28.7 Å². The first-order valence-corrected chi connectivity index (χ1v) is 12.5. The lowest BCUT2D eigenvalue weighted by Crippen LogP contribution is -2.40. The van der Waals surface area contributed by atoms with E-state index in [1.165, 1.54) is 6.33 Å². The summed E-state index contributed by atoms with van der Waals surface area (Å²) in [7, 11) is 0. The summed E-state index contributed by atoms with van der Waals surface area (Å²) in [5.41, 5.74) is 8.67. The zero-order valence-corrected chi connectivity index (χ0v) is 20.6. The minimum atomic E-state index is -0.0922. The monoisotopic (exact) mass is 509 g/mol. The maximum Gasteiger partial charge on any atom is 0.240 e. The van der Waals surface area contributed by atoms with Crippen LogP contribution in [-0.2, 0) is 4.79 Å². The Morgan fingerprint density at radius 2 is 1.79 bits per heavy atom. The molecule has 0 aliphatic carbocycles. The third kappa shape index (κ3) is 4.91. The summed E-state index contributed by atoms with van der Waals surface area (Å²) in [4.78, 5) is 30.2. The van der Waals surface area contributed by atoms with Crippen molar-refractivity contribution in [3.63, 3.8) is 0 Å². The molecule has 4 N–H and O–H groups in total. The quantitative estimate of drug-likeness (QED) is 0.300. The number of piperidine rings is 1. The van der Waals surface area contributed by atoms with Gasteiger partial charge in [0, 0.05) is 31.0 Å². The van der Waals surface area contributed by atoms with Gasteiger partial charge in [-0.15, -0.1) is 0 Å². The molecule has 11 heteroatoms. The van der Waals surface area contributed by atoms with Crippen LogP contribution in [-0.4, -0.2) is 60.2 Å². The number of anilines is 2. The molecule has 3 aromatic heterocycles. The number of nitrogens with zero attached hydrogens (tertiary/aromatic N) is 6. The van der Waals surface area contributed by atoms with Crippen LogP contribution >= 0.6 is 0 Å². The zero-order valence-electron chi connectivity index (χ0n) is 20.6. The number of fused-ring (bicyclic) bond motifs is 1. The number of hydrogen-bond acceptors (Lipinski definition) is 8. The molecule has 1 saturated heterocycles.